The fourth-order valence-electron chi connectivity index (χ4n) is 2.49. The molecule has 132 valence electrons. The average Bonchev–Trinajstić information content (AvgIpc) is 2.64. The monoisotopic (exact) mass is 412 g/mol. The third-order valence-electron chi connectivity index (χ3n) is 3.97. The first-order valence-corrected chi connectivity index (χ1v) is 8.82. The summed E-state index contributed by atoms with van der Waals surface area (Å²) in [5.74, 6) is -0.312. The third kappa shape index (κ3) is 3.88. The molecule has 0 spiro atoms. The van der Waals surface area contributed by atoms with Gasteiger partial charge in [0.15, 0.2) is 0 Å². The van der Waals surface area contributed by atoms with E-state index in [4.69, 9.17) is 0 Å². The SMILES string of the molecule is Cc1cc(Br)ccc1NC(=O)C(C)n1nc(-c2cccnc2)ccc1=O. The quantitative estimate of drug-likeness (QED) is 0.710. The largest absolute Gasteiger partial charge is 0.324 e. The van der Waals surface area contributed by atoms with Crippen LogP contribution in [0.3, 0.4) is 0 Å². The number of pyridine rings is 1. The second-order valence-electron chi connectivity index (χ2n) is 5.87. The second-order valence-corrected chi connectivity index (χ2v) is 6.78. The van der Waals surface area contributed by atoms with Gasteiger partial charge in [-0.05, 0) is 55.8 Å². The van der Waals surface area contributed by atoms with Crippen molar-refractivity contribution in [3.63, 3.8) is 0 Å². The molecule has 0 saturated carbocycles. The van der Waals surface area contributed by atoms with Crippen LogP contribution in [-0.4, -0.2) is 20.7 Å². The lowest BCUT2D eigenvalue weighted by molar-refractivity contribution is -0.119. The van der Waals surface area contributed by atoms with E-state index in [9.17, 15) is 9.59 Å². The molecule has 3 aromatic rings. The Bertz CT molecular complexity index is 1000. The van der Waals surface area contributed by atoms with E-state index in [2.05, 4.69) is 31.3 Å². The summed E-state index contributed by atoms with van der Waals surface area (Å²) in [6, 6.07) is 11.5. The van der Waals surface area contributed by atoms with E-state index in [0.29, 0.717) is 11.4 Å². The van der Waals surface area contributed by atoms with Crippen molar-refractivity contribution in [3.8, 4) is 11.3 Å². The molecule has 0 radical (unpaired) electrons. The average molecular weight is 413 g/mol. The number of aromatic nitrogens is 3. The van der Waals surface area contributed by atoms with E-state index in [-0.39, 0.29) is 11.5 Å². The van der Waals surface area contributed by atoms with E-state index >= 15 is 0 Å². The van der Waals surface area contributed by atoms with Crippen LogP contribution >= 0.6 is 15.9 Å². The number of aryl methyl sites for hydroxylation is 1. The zero-order valence-electron chi connectivity index (χ0n) is 14.3. The highest BCUT2D eigenvalue weighted by Crippen LogP contribution is 2.21. The molecule has 0 aliphatic heterocycles. The molecule has 1 amide bonds. The van der Waals surface area contributed by atoms with Gasteiger partial charge < -0.3 is 5.32 Å². The van der Waals surface area contributed by atoms with Crippen LogP contribution in [0.5, 0.6) is 0 Å². The molecule has 0 saturated heterocycles. The van der Waals surface area contributed by atoms with Crippen LogP contribution in [0.1, 0.15) is 18.5 Å². The van der Waals surface area contributed by atoms with Gasteiger partial charge >= 0.3 is 0 Å². The first kappa shape index (κ1) is 18.0. The Kier molecular flexibility index (Phi) is 5.27. The van der Waals surface area contributed by atoms with Crippen molar-refractivity contribution in [1.82, 2.24) is 14.8 Å². The van der Waals surface area contributed by atoms with Crippen molar-refractivity contribution in [2.75, 3.05) is 5.32 Å². The number of nitrogens with one attached hydrogen (secondary N) is 1. The smallest absolute Gasteiger partial charge is 0.267 e. The molecule has 1 atom stereocenters. The van der Waals surface area contributed by atoms with Crippen LogP contribution in [0.25, 0.3) is 11.3 Å². The molecule has 6 nitrogen and oxygen atoms in total. The summed E-state index contributed by atoms with van der Waals surface area (Å²) < 4.78 is 2.12. The van der Waals surface area contributed by atoms with Crippen molar-refractivity contribution in [1.29, 1.82) is 0 Å². The van der Waals surface area contributed by atoms with E-state index in [1.54, 1.807) is 31.5 Å². The molecule has 26 heavy (non-hydrogen) atoms. The van der Waals surface area contributed by atoms with Crippen LogP contribution in [0.4, 0.5) is 5.69 Å². The number of anilines is 1. The first-order chi connectivity index (χ1) is 12.5. The predicted molar refractivity (Wildman–Crippen MR) is 104 cm³/mol. The van der Waals surface area contributed by atoms with E-state index in [1.807, 2.05) is 31.2 Å². The fraction of sp³-hybridized carbons (Fsp3) is 0.158. The van der Waals surface area contributed by atoms with E-state index in [0.717, 1.165) is 15.6 Å². The highest BCUT2D eigenvalue weighted by Gasteiger charge is 2.19. The highest BCUT2D eigenvalue weighted by atomic mass is 79.9. The number of benzene rings is 1. The number of amides is 1. The van der Waals surface area contributed by atoms with Gasteiger partial charge in [-0.3, -0.25) is 14.6 Å². The van der Waals surface area contributed by atoms with E-state index < -0.39 is 6.04 Å². The fourth-order valence-corrected chi connectivity index (χ4v) is 2.96. The predicted octanol–water partition coefficient (Wildman–Crippen LogP) is 3.58. The molecule has 0 aliphatic rings. The number of rotatable bonds is 4. The van der Waals surface area contributed by atoms with Crippen LogP contribution in [-0.2, 0) is 4.79 Å². The number of carbonyl (C=O) groups excluding carboxylic acids is 1. The molecule has 0 bridgehead atoms. The van der Waals surface area contributed by atoms with Gasteiger partial charge in [-0.2, -0.15) is 5.10 Å². The molecule has 1 aromatic carbocycles. The normalized spacial score (nSPS) is 11.8. The van der Waals surface area contributed by atoms with Gasteiger partial charge in [-0.25, -0.2) is 4.68 Å². The van der Waals surface area contributed by atoms with Crippen molar-refractivity contribution >= 4 is 27.5 Å². The summed E-state index contributed by atoms with van der Waals surface area (Å²) in [7, 11) is 0. The molecule has 1 N–H and O–H groups in total. The Morgan fingerprint density at radius 1 is 1.23 bits per heavy atom. The lowest BCUT2D eigenvalue weighted by Crippen LogP contribution is -2.33. The maximum atomic E-state index is 12.6. The van der Waals surface area contributed by atoms with Crippen molar-refractivity contribution in [2.45, 2.75) is 19.9 Å². The lowest BCUT2D eigenvalue weighted by Gasteiger charge is -2.16. The minimum absolute atomic E-state index is 0.312. The Labute approximate surface area is 159 Å². The maximum absolute atomic E-state index is 12.6. The Balaban J connectivity index is 1.88. The van der Waals surface area contributed by atoms with Crippen LogP contribution in [0, 0.1) is 6.92 Å². The molecule has 0 fully saturated rings. The van der Waals surface area contributed by atoms with Crippen LogP contribution in [0.15, 0.2) is 64.1 Å². The molecule has 2 heterocycles. The number of hydrogen-bond acceptors (Lipinski definition) is 4. The molecular weight excluding hydrogens is 396 g/mol. The summed E-state index contributed by atoms with van der Waals surface area (Å²) in [5.41, 5.74) is 2.63. The second kappa shape index (κ2) is 7.61. The molecule has 1 unspecified atom stereocenters. The number of halogens is 1. The number of carbonyl (C=O) groups is 1. The van der Waals surface area contributed by atoms with Gasteiger partial charge in [0.25, 0.3) is 5.56 Å². The summed E-state index contributed by atoms with van der Waals surface area (Å²) >= 11 is 3.39. The van der Waals surface area contributed by atoms with Crippen molar-refractivity contribution < 1.29 is 4.79 Å². The number of nitrogens with zero attached hydrogens (tertiary/aromatic N) is 3. The Morgan fingerprint density at radius 2 is 2.04 bits per heavy atom. The zero-order valence-corrected chi connectivity index (χ0v) is 15.9. The number of hydrogen-bond donors (Lipinski definition) is 1. The highest BCUT2D eigenvalue weighted by molar-refractivity contribution is 9.10. The Morgan fingerprint density at radius 3 is 2.73 bits per heavy atom. The molecule has 2 aromatic heterocycles. The van der Waals surface area contributed by atoms with Gasteiger partial charge in [-0.1, -0.05) is 15.9 Å². The zero-order chi connectivity index (χ0) is 18.7. The molecular formula is C19H17BrN4O2. The topological polar surface area (TPSA) is 76.9 Å². The van der Waals surface area contributed by atoms with Gasteiger partial charge in [-0.15, -0.1) is 0 Å². The molecule has 0 aliphatic carbocycles. The van der Waals surface area contributed by atoms with Crippen molar-refractivity contribution in [2.24, 2.45) is 0 Å². The molecule has 3 rings (SSSR count). The first-order valence-electron chi connectivity index (χ1n) is 8.03. The van der Waals surface area contributed by atoms with Gasteiger partial charge in [0.2, 0.25) is 5.91 Å². The third-order valence-corrected chi connectivity index (χ3v) is 4.47. The maximum Gasteiger partial charge on any atom is 0.267 e. The summed E-state index contributed by atoms with van der Waals surface area (Å²) in [6.07, 6.45) is 3.32. The minimum atomic E-state index is -0.762. The van der Waals surface area contributed by atoms with Crippen LogP contribution < -0.4 is 10.9 Å². The van der Waals surface area contributed by atoms with Crippen molar-refractivity contribution in [3.05, 3.63) is 75.2 Å². The summed E-state index contributed by atoms with van der Waals surface area (Å²) in [4.78, 5) is 28.9. The lowest BCUT2D eigenvalue weighted by atomic mass is 10.2. The van der Waals surface area contributed by atoms with Gasteiger partial charge in [0, 0.05) is 34.2 Å². The van der Waals surface area contributed by atoms with Crippen LogP contribution in [0.2, 0.25) is 0 Å². The van der Waals surface area contributed by atoms with E-state index in [1.165, 1.54) is 10.7 Å². The van der Waals surface area contributed by atoms with Gasteiger partial charge in [0.05, 0.1) is 5.69 Å². The standard InChI is InChI=1S/C19H17BrN4O2/c1-12-10-15(20)5-6-16(12)22-19(26)13(2)24-18(25)8-7-17(23-24)14-4-3-9-21-11-14/h3-11,13H,1-2H3,(H,22,26). The van der Waals surface area contributed by atoms with Gasteiger partial charge in [0.1, 0.15) is 6.04 Å². The Hall–Kier alpha value is -2.80. The minimum Gasteiger partial charge on any atom is -0.324 e. The molecule has 7 heteroatoms. The summed E-state index contributed by atoms with van der Waals surface area (Å²) in [6.45, 7) is 3.55. The summed E-state index contributed by atoms with van der Waals surface area (Å²) in [5, 5.41) is 7.19.